The molecule has 1 heterocycles. The minimum absolute atomic E-state index is 0.216. The first kappa shape index (κ1) is 17.7. The van der Waals surface area contributed by atoms with E-state index in [0.29, 0.717) is 12.3 Å². The van der Waals surface area contributed by atoms with Gasteiger partial charge in [0.15, 0.2) is 11.5 Å². The van der Waals surface area contributed by atoms with Gasteiger partial charge in [0.05, 0.1) is 7.11 Å². The number of ether oxygens (including phenoxy) is 1. The molecule has 1 N–H and O–H groups in total. The highest BCUT2D eigenvalue weighted by atomic mass is 16.5. The van der Waals surface area contributed by atoms with Gasteiger partial charge in [-0.1, -0.05) is 36.3 Å². The van der Waals surface area contributed by atoms with Gasteiger partial charge in [-0.15, -0.1) is 0 Å². The number of aryl methyl sites for hydroxylation is 1. The van der Waals surface area contributed by atoms with Crippen molar-refractivity contribution in [3.05, 3.63) is 71.4 Å². The standard InChI is InChI=1S/C21H22N2O3/c1-14-6-4-5-7-18(14)15(2)13-22-21(24)19-12-20(26-23-19)16-8-10-17(25-3)11-9-16/h4-12,15H,13H2,1-3H3,(H,22,24)/t15-/m0/s1. The fraction of sp³-hybridized carbons (Fsp3) is 0.238. The molecule has 0 saturated heterocycles. The number of rotatable bonds is 6. The van der Waals surface area contributed by atoms with Gasteiger partial charge >= 0.3 is 0 Å². The maximum atomic E-state index is 12.4. The van der Waals surface area contributed by atoms with E-state index in [9.17, 15) is 4.79 Å². The molecule has 5 heteroatoms. The smallest absolute Gasteiger partial charge is 0.273 e. The van der Waals surface area contributed by atoms with Crippen molar-refractivity contribution >= 4 is 5.91 Å². The molecule has 0 radical (unpaired) electrons. The quantitative estimate of drug-likeness (QED) is 0.724. The van der Waals surface area contributed by atoms with Crippen LogP contribution in [0.5, 0.6) is 5.75 Å². The number of methoxy groups -OCH3 is 1. The highest BCUT2D eigenvalue weighted by Gasteiger charge is 2.15. The van der Waals surface area contributed by atoms with Crippen molar-refractivity contribution < 1.29 is 14.1 Å². The Balaban J connectivity index is 1.63. The highest BCUT2D eigenvalue weighted by molar-refractivity contribution is 5.93. The fourth-order valence-electron chi connectivity index (χ4n) is 2.86. The van der Waals surface area contributed by atoms with E-state index in [4.69, 9.17) is 9.26 Å². The lowest BCUT2D eigenvalue weighted by atomic mass is 9.96. The number of benzene rings is 2. The molecule has 134 valence electrons. The zero-order valence-corrected chi connectivity index (χ0v) is 15.2. The minimum atomic E-state index is -0.242. The van der Waals surface area contributed by atoms with E-state index in [0.717, 1.165) is 11.3 Å². The molecule has 0 aliphatic carbocycles. The molecule has 0 unspecified atom stereocenters. The number of hydrogen-bond donors (Lipinski definition) is 1. The molecule has 0 saturated carbocycles. The molecule has 1 atom stereocenters. The number of nitrogens with one attached hydrogen (secondary N) is 1. The molecule has 0 spiro atoms. The summed E-state index contributed by atoms with van der Waals surface area (Å²) < 4.78 is 10.4. The van der Waals surface area contributed by atoms with Crippen LogP contribution in [0, 0.1) is 6.92 Å². The molecule has 0 fully saturated rings. The van der Waals surface area contributed by atoms with Crippen LogP contribution in [0.2, 0.25) is 0 Å². The number of aromatic nitrogens is 1. The van der Waals surface area contributed by atoms with Crippen LogP contribution in [-0.2, 0) is 0 Å². The number of carbonyl (C=O) groups excluding carboxylic acids is 1. The molecule has 0 bridgehead atoms. The second-order valence-electron chi connectivity index (χ2n) is 6.27. The van der Waals surface area contributed by atoms with Crippen LogP contribution in [0.3, 0.4) is 0 Å². The van der Waals surface area contributed by atoms with Crippen LogP contribution < -0.4 is 10.1 Å². The molecule has 0 aliphatic heterocycles. The van der Waals surface area contributed by atoms with Crippen molar-refractivity contribution in [1.29, 1.82) is 0 Å². The van der Waals surface area contributed by atoms with Gasteiger partial charge in [0.1, 0.15) is 5.75 Å². The third kappa shape index (κ3) is 3.94. The minimum Gasteiger partial charge on any atom is -0.497 e. The van der Waals surface area contributed by atoms with Crippen molar-refractivity contribution in [2.75, 3.05) is 13.7 Å². The van der Waals surface area contributed by atoms with E-state index in [1.807, 2.05) is 36.4 Å². The summed E-state index contributed by atoms with van der Waals surface area (Å²) >= 11 is 0. The van der Waals surface area contributed by atoms with Crippen LogP contribution >= 0.6 is 0 Å². The van der Waals surface area contributed by atoms with Gasteiger partial charge in [0.25, 0.3) is 5.91 Å². The second kappa shape index (κ2) is 7.87. The lowest BCUT2D eigenvalue weighted by Gasteiger charge is -2.14. The summed E-state index contributed by atoms with van der Waals surface area (Å²) in [7, 11) is 1.61. The van der Waals surface area contributed by atoms with E-state index in [1.165, 1.54) is 11.1 Å². The largest absolute Gasteiger partial charge is 0.497 e. The lowest BCUT2D eigenvalue weighted by Crippen LogP contribution is -2.27. The lowest BCUT2D eigenvalue weighted by molar-refractivity contribution is 0.0942. The van der Waals surface area contributed by atoms with Crippen molar-refractivity contribution in [3.8, 4) is 17.1 Å². The van der Waals surface area contributed by atoms with E-state index in [1.54, 1.807) is 13.2 Å². The van der Waals surface area contributed by atoms with Gasteiger partial charge in [0, 0.05) is 18.2 Å². The summed E-state index contributed by atoms with van der Waals surface area (Å²) in [4.78, 5) is 12.4. The van der Waals surface area contributed by atoms with Gasteiger partial charge in [-0.05, 0) is 48.2 Å². The third-order valence-corrected chi connectivity index (χ3v) is 4.41. The van der Waals surface area contributed by atoms with Gasteiger partial charge in [0.2, 0.25) is 0 Å². The average Bonchev–Trinajstić information content (AvgIpc) is 3.16. The Morgan fingerprint density at radius 2 is 1.92 bits per heavy atom. The second-order valence-corrected chi connectivity index (χ2v) is 6.27. The Bertz CT molecular complexity index is 884. The van der Waals surface area contributed by atoms with Crippen LogP contribution in [0.4, 0.5) is 0 Å². The zero-order valence-electron chi connectivity index (χ0n) is 15.2. The molecule has 1 aromatic heterocycles. The Morgan fingerprint density at radius 3 is 2.62 bits per heavy atom. The highest BCUT2D eigenvalue weighted by Crippen LogP contribution is 2.23. The fourth-order valence-corrected chi connectivity index (χ4v) is 2.86. The predicted octanol–water partition coefficient (Wildman–Crippen LogP) is 4.19. The average molecular weight is 350 g/mol. The Labute approximate surface area is 153 Å². The molecule has 0 aliphatic rings. The van der Waals surface area contributed by atoms with Crippen molar-refractivity contribution in [2.24, 2.45) is 0 Å². The maximum Gasteiger partial charge on any atom is 0.273 e. The molecule has 1 amide bonds. The number of amides is 1. The topological polar surface area (TPSA) is 64.4 Å². The van der Waals surface area contributed by atoms with Gasteiger partial charge in [-0.25, -0.2) is 0 Å². The third-order valence-electron chi connectivity index (χ3n) is 4.41. The monoisotopic (exact) mass is 350 g/mol. The Hall–Kier alpha value is -3.08. The van der Waals surface area contributed by atoms with E-state index < -0.39 is 0 Å². The van der Waals surface area contributed by atoms with E-state index >= 15 is 0 Å². The molecule has 26 heavy (non-hydrogen) atoms. The SMILES string of the molecule is COc1ccc(-c2cc(C(=O)NC[C@H](C)c3ccccc3C)no2)cc1. The summed E-state index contributed by atoms with van der Waals surface area (Å²) in [6.45, 7) is 4.70. The van der Waals surface area contributed by atoms with Crippen molar-refractivity contribution in [2.45, 2.75) is 19.8 Å². The first-order valence-electron chi connectivity index (χ1n) is 8.53. The summed E-state index contributed by atoms with van der Waals surface area (Å²) in [6, 6.07) is 17.2. The van der Waals surface area contributed by atoms with Crippen molar-refractivity contribution in [1.82, 2.24) is 10.5 Å². The summed E-state index contributed by atoms with van der Waals surface area (Å²) in [5, 5.41) is 6.81. The number of hydrogen-bond acceptors (Lipinski definition) is 4. The predicted molar refractivity (Wildman–Crippen MR) is 100 cm³/mol. The van der Waals surface area contributed by atoms with Crippen LogP contribution in [0.25, 0.3) is 11.3 Å². The molecule has 3 rings (SSSR count). The van der Waals surface area contributed by atoms with E-state index in [2.05, 4.69) is 36.5 Å². The molecule has 3 aromatic rings. The first-order valence-corrected chi connectivity index (χ1v) is 8.53. The van der Waals surface area contributed by atoms with Crippen LogP contribution in [0.1, 0.15) is 34.5 Å². The Morgan fingerprint density at radius 1 is 1.19 bits per heavy atom. The molecular formula is C21H22N2O3. The Kier molecular flexibility index (Phi) is 5.37. The maximum absolute atomic E-state index is 12.4. The van der Waals surface area contributed by atoms with Gasteiger partial charge < -0.3 is 14.6 Å². The van der Waals surface area contributed by atoms with Crippen molar-refractivity contribution in [3.63, 3.8) is 0 Å². The number of nitrogens with zero attached hydrogens (tertiary/aromatic N) is 1. The summed E-state index contributed by atoms with van der Waals surface area (Å²) in [5.74, 6) is 1.28. The summed E-state index contributed by atoms with van der Waals surface area (Å²) in [6.07, 6.45) is 0. The normalized spacial score (nSPS) is 11.8. The molecule has 2 aromatic carbocycles. The number of carbonyl (C=O) groups is 1. The van der Waals surface area contributed by atoms with Gasteiger partial charge in [-0.3, -0.25) is 4.79 Å². The summed E-state index contributed by atoms with van der Waals surface area (Å²) in [5.41, 5.74) is 3.56. The zero-order chi connectivity index (χ0) is 18.5. The van der Waals surface area contributed by atoms with Crippen LogP contribution in [-0.4, -0.2) is 24.7 Å². The van der Waals surface area contributed by atoms with Gasteiger partial charge in [-0.2, -0.15) is 0 Å². The molecule has 5 nitrogen and oxygen atoms in total. The first-order chi connectivity index (χ1) is 12.6. The van der Waals surface area contributed by atoms with Crippen LogP contribution in [0.15, 0.2) is 59.1 Å². The van der Waals surface area contributed by atoms with E-state index in [-0.39, 0.29) is 17.5 Å². The molecular weight excluding hydrogens is 328 g/mol.